The minimum absolute atomic E-state index is 0.0514. The Morgan fingerprint density at radius 3 is 1.52 bits per heavy atom. The van der Waals surface area contributed by atoms with Gasteiger partial charge >= 0.3 is 19.8 Å². The van der Waals surface area contributed by atoms with Crippen molar-refractivity contribution in [2.45, 2.75) is 206 Å². The highest BCUT2D eigenvalue weighted by Crippen LogP contribution is 2.43. The van der Waals surface area contributed by atoms with Gasteiger partial charge in [0.25, 0.3) is 0 Å². The third kappa shape index (κ3) is 39.9. The third-order valence-corrected chi connectivity index (χ3v) is 10.3. The lowest BCUT2D eigenvalue weighted by Gasteiger charge is -2.19. The summed E-state index contributed by atoms with van der Waals surface area (Å²) in [6.45, 7) is 3.62. The van der Waals surface area contributed by atoms with E-state index in [2.05, 4.69) is 50.3 Å². The van der Waals surface area contributed by atoms with E-state index in [1.54, 1.807) is 0 Å². The first-order valence-corrected chi connectivity index (χ1v) is 23.5. The molecule has 0 heterocycles. The van der Waals surface area contributed by atoms with Gasteiger partial charge in [0.15, 0.2) is 6.10 Å². The van der Waals surface area contributed by atoms with Crippen molar-refractivity contribution in [1.82, 2.24) is 0 Å². The van der Waals surface area contributed by atoms with E-state index in [9.17, 15) is 19.0 Å². The molecule has 0 saturated carbocycles. The van der Waals surface area contributed by atoms with E-state index < -0.39 is 32.5 Å². The fourth-order valence-corrected chi connectivity index (χ4v) is 6.83. The number of phosphoric acid groups is 1. The number of allylic oxidation sites excluding steroid dienone is 6. The fourth-order valence-electron chi connectivity index (χ4n) is 6.06. The van der Waals surface area contributed by atoms with Crippen molar-refractivity contribution in [3.8, 4) is 0 Å². The number of unbranched alkanes of at least 4 members (excludes halogenated alkanes) is 22. The Morgan fingerprint density at radius 1 is 0.574 bits per heavy atom. The molecule has 0 fully saturated rings. The molecule has 9 nitrogen and oxygen atoms in total. The third-order valence-electron chi connectivity index (χ3n) is 9.29. The minimum atomic E-state index is -4.38. The topological polar surface area (TPSA) is 134 Å². The highest BCUT2D eigenvalue weighted by molar-refractivity contribution is 7.47. The van der Waals surface area contributed by atoms with E-state index in [1.807, 2.05) is 0 Å². The van der Waals surface area contributed by atoms with Gasteiger partial charge in [0.1, 0.15) is 6.61 Å². The predicted octanol–water partition coefficient (Wildman–Crippen LogP) is 12.6. The van der Waals surface area contributed by atoms with Crippen molar-refractivity contribution in [3.63, 3.8) is 0 Å². The molecule has 0 aliphatic rings. The molecule has 0 aromatic rings. The molecule has 10 heteroatoms. The first-order valence-electron chi connectivity index (χ1n) is 22.0. The second kappa shape index (κ2) is 40.9. The van der Waals surface area contributed by atoms with Gasteiger partial charge in [-0.15, -0.1) is 0 Å². The predicted molar refractivity (Wildman–Crippen MR) is 224 cm³/mol. The van der Waals surface area contributed by atoms with Gasteiger partial charge in [-0.2, -0.15) is 0 Å². The molecule has 0 aromatic carbocycles. The SMILES string of the molecule is CC/C=C/C/C=C/C/C=C/CCCCCCCC(=O)OC[C@H](COP(=O)(O)OCCN)OC(=O)CCCCCCCCCCCCCCCCCCCC. The van der Waals surface area contributed by atoms with E-state index in [1.165, 1.54) is 96.3 Å². The fraction of sp³-hybridized carbons (Fsp3) is 0.818. The van der Waals surface area contributed by atoms with Crippen LogP contribution in [0, 0.1) is 0 Å². The van der Waals surface area contributed by atoms with Crippen LogP contribution in [0.3, 0.4) is 0 Å². The van der Waals surface area contributed by atoms with Gasteiger partial charge in [-0.25, -0.2) is 4.57 Å². The van der Waals surface area contributed by atoms with Crippen molar-refractivity contribution in [1.29, 1.82) is 0 Å². The lowest BCUT2D eigenvalue weighted by Crippen LogP contribution is -2.29. The number of rotatable bonds is 41. The van der Waals surface area contributed by atoms with Crippen molar-refractivity contribution >= 4 is 19.8 Å². The number of nitrogens with two attached hydrogens (primary N) is 1. The molecular formula is C44H82NO8P. The van der Waals surface area contributed by atoms with Gasteiger partial charge < -0.3 is 20.1 Å². The summed E-state index contributed by atoms with van der Waals surface area (Å²) in [5.41, 5.74) is 5.35. The second-order valence-corrected chi connectivity index (χ2v) is 16.0. The summed E-state index contributed by atoms with van der Waals surface area (Å²) < 4.78 is 32.8. The van der Waals surface area contributed by atoms with E-state index >= 15 is 0 Å². The molecule has 0 aromatic heterocycles. The summed E-state index contributed by atoms with van der Waals surface area (Å²) in [6.07, 6.45) is 44.6. The molecule has 0 rings (SSSR count). The van der Waals surface area contributed by atoms with Crippen molar-refractivity contribution in [2.75, 3.05) is 26.4 Å². The summed E-state index contributed by atoms with van der Waals surface area (Å²) >= 11 is 0. The molecule has 0 aliphatic heterocycles. The minimum Gasteiger partial charge on any atom is -0.462 e. The molecule has 0 radical (unpaired) electrons. The van der Waals surface area contributed by atoms with E-state index in [-0.39, 0.29) is 32.6 Å². The normalized spacial score (nSPS) is 13.6. The van der Waals surface area contributed by atoms with E-state index in [0.717, 1.165) is 64.2 Å². The number of hydrogen-bond donors (Lipinski definition) is 2. The smallest absolute Gasteiger partial charge is 0.462 e. The maximum Gasteiger partial charge on any atom is 0.472 e. The van der Waals surface area contributed by atoms with Gasteiger partial charge in [0.2, 0.25) is 0 Å². The summed E-state index contributed by atoms with van der Waals surface area (Å²) in [5.74, 6) is -0.842. The summed E-state index contributed by atoms with van der Waals surface area (Å²) in [6, 6.07) is 0. The molecule has 3 N–H and O–H groups in total. The Bertz CT molecular complexity index is 986. The molecule has 2 atom stereocenters. The zero-order chi connectivity index (χ0) is 39.6. The summed E-state index contributed by atoms with van der Waals surface area (Å²) in [4.78, 5) is 34.9. The van der Waals surface area contributed by atoms with Crippen LogP contribution >= 0.6 is 7.82 Å². The maximum atomic E-state index is 12.6. The Morgan fingerprint density at radius 2 is 1.02 bits per heavy atom. The lowest BCUT2D eigenvalue weighted by atomic mass is 10.0. The summed E-state index contributed by atoms with van der Waals surface area (Å²) in [7, 11) is -4.38. The monoisotopic (exact) mass is 784 g/mol. The Hall–Kier alpha value is -1.77. The molecule has 316 valence electrons. The van der Waals surface area contributed by atoms with Crippen molar-refractivity contribution < 1.29 is 37.6 Å². The zero-order valence-corrected chi connectivity index (χ0v) is 35.6. The molecule has 0 amide bonds. The number of phosphoric ester groups is 1. The van der Waals surface area contributed by atoms with Crippen molar-refractivity contribution in [2.24, 2.45) is 5.73 Å². The van der Waals surface area contributed by atoms with E-state index in [0.29, 0.717) is 12.8 Å². The van der Waals surface area contributed by atoms with Gasteiger partial charge in [0, 0.05) is 19.4 Å². The summed E-state index contributed by atoms with van der Waals surface area (Å²) in [5, 5.41) is 0. The van der Waals surface area contributed by atoms with Crippen LogP contribution in [0.2, 0.25) is 0 Å². The van der Waals surface area contributed by atoms with Gasteiger partial charge in [0.05, 0.1) is 13.2 Å². The number of ether oxygens (including phenoxy) is 2. The van der Waals surface area contributed by atoms with Gasteiger partial charge in [-0.3, -0.25) is 18.6 Å². The van der Waals surface area contributed by atoms with Crippen LogP contribution in [-0.2, 0) is 32.7 Å². The molecule has 0 saturated heterocycles. The average Bonchev–Trinajstić information content (AvgIpc) is 3.16. The Kier molecular flexibility index (Phi) is 39.5. The van der Waals surface area contributed by atoms with Gasteiger partial charge in [-0.1, -0.05) is 179 Å². The number of carbonyl (C=O) groups excluding carboxylic acids is 2. The lowest BCUT2D eigenvalue weighted by molar-refractivity contribution is -0.161. The maximum absolute atomic E-state index is 12.6. The van der Waals surface area contributed by atoms with Crippen LogP contribution in [0.25, 0.3) is 0 Å². The molecule has 54 heavy (non-hydrogen) atoms. The van der Waals surface area contributed by atoms with Crippen LogP contribution in [0.15, 0.2) is 36.5 Å². The largest absolute Gasteiger partial charge is 0.472 e. The molecule has 0 bridgehead atoms. The second-order valence-electron chi connectivity index (χ2n) is 14.5. The molecule has 0 spiro atoms. The molecular weight excluding hydrogens is 701 g/mol. The number of esters is 2. The Balaban J connectivity index is 4.14. The average molecular weight is 784 g/mol. The highest BCUT2D eigenvalue weighted by Gasteiger charge is 2.26. The molecule has 0 aliphatic carbocycles. The van der Waals surface area contributed by atoms with Crippen LogP contribution in [0.1, 0.15) is 200 Å². The first-order chi connectivity index (χ1) is 26.3. The standard InChI is InChI=1S/C44H82NO8P/c1-3-5-7-9-11-13-15-17-19-20-21-23-25-27-29-31-33-35-37-44(47)53-42(41-52-54(48,49)51-39-38-45)40-50-43(46)36-34-32-30-28-26-24-22-18-16-14-12-10-8-6-4-2/h6,8,12,14,18,22,42H,3-5,7,9-11,13,15-17,19-21,23-41,45H2,1-2H3,(H,48,49)/b8-6+,14-12+,22-18+/t42-/m1/s1. The van der Waals surface area contributed by atoms with Crippen molar-refractivity contribution in [3.05, 3.63) is 36.5 Å². The quantitative estimate of drug-likeness (QED) is 0.0269. The first kappa shape index (κ1) is 52.2. The molecule has 1 unspecified atom stereocenters. The number of hydrogen-bond acceptors (Lipinski definition) is 8. The number of carbonyl (C=O) groups is 2. The van der Waals surface area contributed by atoms with E-state index in [4.69, 9.17) is 24.3 Å². The van der Waals surface area contributed by atoms with Crippen LogP contribution < -0.4 is 5.73 Å². The zero-order valence-electron chi connectivity index (χ0n) is 34.7. The van der Waals surface area contributed by atoms with Crippen LogP contribution in [0.4, 0.5) is 0 Å². The van der Waals surface area contributed by atoms with Crippen LogP contribution in [0.5, 0.6) is 0 Å². The van der Waals surface area contributed by atoms with Gasteiger partial charge in [-0.05, 0) is 44.9 Å². The highest BCUT2D eigenvalue weighted by atomic mass is 31.2. The Labute approximate surface area is 331 Å². The van der Waals surface area contributed by atoms with Crippen LogP contribution in [-0.4, -0.2) is 49.3 Å².